The molecule has 0 bridgehead atoms. The molecule has 0 rings (SSSR count). The maximum absolute atomic E-state index is 12.2. The molecule has 3 atom stereocenters. The van der Waals surface area contributed by atoms with Gasteiger partial charge in [-0.3, -0.25) is 24.0 Å². The van der Waals surface area contributed by atoms with E-state index in [1.54, 1.807) is 0 Å². The van der Waals surface area contributed by atoms with Crippen molar-refractivity contribution in [3.8, 4) is 0 Å². The second kappa shape index (κ2) is 11.0. The number of carbonyl (C=O) groups excluding carboxylic acids is 3. The van der Waals surface area contributed by atoms with Crippen LogP contribution < -0.4 is 21.7 Å². The van der Waals surface area contributed by atoms with Crippen LogP contribution in [0.4, 0.5) is 0 Å². The Morgan fingerprint density at radius 1 is 0.885 bits per heavy atom. The van der Waals surface area contributed by atoms with E-state index >= 15 is 0 Å². The highest BCUT2D eigenvalue weighted by Gasteiger charge is 2.28. The predicted octanol–water partition coefficient (Wildman–Crippen LogP) is -1.98. The minimum Gasteiger partial charge on any atom is -0.481 e. The first-order chi connectivity index (χ1) is 11.9. The van der Waals surface area contributed by atoms with Gasteiger partial charge in [-0.2, -0.15) is 0 Å². The van der Waals surface area contributed by atoms with Crippen LogP contribution in [-0.4, -0.2) is 64.5 Å². The molecule has 0 aliphatic rings. The molecule has 0 aliphatic carbocycles. The third-order valence-electron chi connectivity index (χ3n) is 3.24. The Balaban J connectivity index is 4.87. The second-order valence-electron chi connectivity index (χ2n) is 6.24. The molecular formula is C15H26N4O7. The molecule has 148 valence electrons. The van der Waals surface area contributed by atoms with Gasteiger partial charge in [0.05, 0.1) is 12.5 Å². The summed E-state index contributed by atoms with van der Waals surface area (Å²) in [6.07, 6.45) is -0.351. The van der Waals surface area contributed by atoms with Crippen molar-refractivity contribution < 1.29 is 34.2 Å². The van der Waals surface area contributed by atoms with Crippen LogP contribution in [0, 0.1) is 5.92 Å². The lowest BCUT2D eigenvalue weighted by Crippen LogP contribution is -2.55. The minimum atomic E-state index is -1.42. The van der Waals surface area contributed by atoms with Crippen LogP contribution in [0.15, 0.2) is 0 Å². The molecule has 0 aromatic rings. The van der Waals surface area contributed by atoms with Crippen LogP contribution in [0.2, 0.25) is 0 Å². The van der Waals surface area contributed by atoms with E-state index in [1.165, 1.54) is 6.92 Å². The molecule has 0 fully saturated rings. The maximum Gasteiger partial charge on any atom is 0.322 e. The van der Waals surface area contributed by atoms with Gasteiger partial charge in [-0.25, -0.2) is 0 Å². The molecule has 0 aliphatic heterocycles. The summed E-state index contributed by atoms with van der Waals surface area (Å²) in [7, 11) is 0. The number of carbonyl (C=O) groups is 5. The molecule has 0 radical (unpaired) electrons. The van der Waals surface area contributed by atoms with E-state index in [0.29, 0.717) is 6.42 Å². The molecule has 0 heterocycles. The summed E-state index contributed by atoms with van der Waals surface area (Å²) >= 11 is 0. The standard InChI is InChI=1S/C15H26N4O7/c1-7(2)4-9(16)14(25)19-10(5-11(20)21)15(26)18-8(3)13(24)17-6-12(22)23/h7-10H,4-6,16H2,1-3H3,(H,17,24)(H,18,26)(H,19,25)(H,20,21)(H,22,23). The van der Waals surface area contributed by atoms with Crippen molar-refractivity contribution in [2.24, 2.45) is 11.7 Å². The summed E-state index contributed by atoms with van der Waals surface area (Å²) in [6.45, 7) is 4.37. The summed E-state index contributed by atoms with van der Waals surface area (Å²) in [5.74, 6) is -4.80. The molecule has 0 spiro atoms. The summed E-state index contributed by atoms with van der Waals surface area (Å²) < 4.78 is 0. The van der Waals surface area contributed by atoms with E-state index in [9.17, 15) is 24.0 Å². The summed E-state index contributed by atoms with van der Waals surface area (Å²) in [6, 6.07) is -3.46. The van der Waals surface area contributed by atoms with Gasteiger partial charge in [0.15, 0.2) is 0 Å². The monoisotopic (exact) mass is 374 g/mol. The maximum atomic E-state index is 12.2. The normalized spacial score (nSPS) is 14.0. The average Bonchev–Trinajstić information content (AvgIpc) is 2.50. The van der Waals surface area contributed by atoms with E-state index in [4.69, 9.17) is 15.9 Å². The molecule has 0 aromatic heterocycles. The first-order valence-electron chi connectivity index (χ1n) is 8.01. The van der Waals surface area contributed by atoms with Gasteiger partial charge in [-0.05, 0) is 19.3 Å². The van der Waals surface area contributed by atoms with Crippen molar-refractivity contribution in [2.75, 3.05) is 6.54 Å². The molecule has 3 unspecified atom stereocenters. The average molecular weight is 374 g/mol. The van der Waals surface area contributed by atoms with Gasteiger partial charge < -0.3 is 31.9 Å². The first-order valence-corrected chi connectivity index (χ1v) is 8.01. The van der Waals surface area contributed by atoms with Gasteiger partial charge in [0.2, 0.25) is 17.7 Å². The Bertz CT molecular complexity index is 550. The van der Waals surface area contributed by atoms with Gasteiger partial charge in [-0.1, -0.05) is 13.8 Å². The number of nitrogens with one attached hydrogen (secondary N) is 3. The van der Waals surface area contributed by atoms with Crippen LogP contribution in [0.3, 0.4) is 0 Å². The number of hydrogen-bond acceptors (Lipinski definition) is 6. The molecule has 0 aromatic carbocycles. The second-order valence-corrected chi connectivity index (χ2v) is 6.24. The van der Waals surface area contributed by atoms with Crippen LogP contribution in [0.5, 0.6) is 0 Å². The Labute approximate surface area is 150 Å². The fourth-order valence-electron chi connectivity index (χ4n) is 1.97. The van der Waals surface area contributed by atoms with Crippen molar-refractivity contribution in [3.63, 3.8) is 0 Å². The zero-order valence-electron chi connectivity index (χ0n) is 14.9. The quantitative estimate of drug-likeness (QED) is 0.240. The highest BCUT2D eigenvalue weighted by molar-refractivity contribution is 5.95. The summed E-state index contributed by atoms with van der Waals surface area (Å²) in [4.78, 5) is 57.2. The van der Waals surface area contributed by atoms with Crippen molar-refractivity contribution in [3.05, 3.63) is 0 Å². The van der Waals surface area contributed by atoms with E-state index < -0.39 is 60.8 Å². The third kappa shape index (κ3) is 9.57. The van der Waals surface area contributed by atoms with Gasteiger partial charge in [0.25, 0.3) is 0 Å². The van der Waals surface area contributed by atoms with Crippen molar-refractivity contribution in [1.82, 2.24) is 16.0 Å². The number of aliphatic carboxylic acids is 2. The lowest BCUT2D eigenvalue weighted by atomic mass is 10.0. The molecule has 11 nitrogen and oxygen atoms in total. The Morgan fingerprint density at radius 3 is 1.92 bits per heavy atom. The van der Waals surface area contributed by atoms with Crippen LogP contribution in [0.1, 0.15) is 33.6 Å². The first kappa shape index (κ1) is 23.3. The number of amides is 3. The third-order valence-corrected chi connectivity index (χ3v) is 3.24. The number of rotatable bonds is 11. The fraction of sp³-hybridized carbons (Fsp3) is 0.667. The van der Waals surface area contributed by atoms with Gasteiger partial charge in [-0.15, -0.1) is 0 Å². The van der Waals surface area contributed by atoms with E-state index in [0.717, 1.165) is 0 Å². The largest absolute Gasteiger partial charge is 0.481 e. The smallest absolute Gasteiger partial charge is 0.322 e. The van der Waals surface area contributed by atoms with Gasteiger partial charge >= 0.3 is 11.9 Å². The predicted molar refractivity (Wildman–Crippen MR) is 89.9 cm³/mol. The Morgan fingerprint density at radius 2 is 1.46 bits per heavy atom. The Kier molecular flexibility index (Phi) is 9.89. The molecule has 26 heavy (non-hydrogen) atoms. The van der Waals surface area contributed by atoms with Crippen molar-refractivity contribution >= 4 is 29.7 Å². The number of carboxylic acids is 2. The van der Waals surface area contributed by atoms with Crippen LogP contribution >= 0.6 is 0 Å². The number of nitrogens with two attached hydrogens (primary N) is 1. The summed E-state index contributed by atoms with van der Waals surface area (Å²) in [5.41, 5.74) is 5.70. The topological polar surface area (TPSA) is 188 Å². The van der Waals surface area contributed by atoms with Gasteiger partial charge in [0.1, 0.15) is 18.6 Å². The molecule has 7 N–H and O–H groups in total. The SMILES string of the molecule is CC(C)CC(N)C(=O)NC(CC(=O)O)C(=O)NC(C)C(=O)NCC(=O)O. The van der Waals surface area contributed by atoms with E-state index in [2.05, 4.69) is 16.0 Å². The molecule has 3 amide bonds. The molecule has 11 heteroatoms. The highest BCUT2D eigenvalue weighted by atomic mass is 16.4. The van der Waals surface area contributed by atoms with Crippen molar-refractivity contribution in [2.45, 2.75) is 51.7 Å². The number of carboxylic acid groups (broad SMARTS) is 2. The van der Waals surface area contributed by atoms with Gasteiger partial charge in [0, 0.05) is 0 Å². The zero-order chi connectivity index (χ0) is 20.4. The zero-order valence-corrected chi connectivity index (χ0v) is 14.9. The number of hydrogen-bond donors (Lipinski definition) is 6. The van der Waals surface area contributed by atoms with Crippen LogP contribution in [-0.2, 0) is 24.0 Å². The van der Waals surface area contributed by atoms with Crippen LogP contribution in [0.25, 0.3) is 0 Å². The van der Waals surface area contributed by atoms with E-state index in [-0.39, 0.29) is 5.92 Å². The highest BCUT2D eigenvalue weighted by Crippen LogP contribution is 2.04. The lowest BCUT2D eigenvalue weighted by Gasteiger charge is -2.22. The molecular weight excluding hydrogens is 348 g/mol. The van der Waals surface area contributed by atoms with Crippen molar-refractivity contribution in [1.29, 1.82) is 0 Å². The van der Waals surface area contributed by atoms with E-state index in [1.807, 2.05) is 13.8 Å². The summed E-state index contributed by atoms with van der Waals surface area (Å²) in [5, 5.41) is 24.0. The molecule has 0 saturated carbocycles. The minimum absolute atomic E-state index is 0.125. The fourth-order valence-corrected chi connectivity index (χ4v) is 1.97. The Hall–Kier alpha value is -2.69. The lowest BCUT2D eigenvalue weighted by molar-refractivity contribution is -0.141. The molecule has 0 saturated heterocycles.